The number of aromatic nitrogens is 4. The lowest BCUT2D eigenvalue weighted by Crippen LogP contribution is -1.99. The van der Waals surface area contributed by atoms with Gasteiger partial charge in [0.05, 0.1) is 11.0 Å². The number of aryl methyl sites for hydroxylation is 1. The summed E-state index contributed by atoms with van der Waals surface area (Å²) in [5.41, 5.74) is 3.04. The predicted molar refractivity (Wildman–Crippen MR) is 68.9 cm³/mol. The Kier molecular flexibility index (Phi) is 2.60. The van der Waals surface area contributed by atoms with Crippen LogP contribution in [-0.2, 0) is 6.54 Å². The van der Waals surface area contributed by atoms with Gasteiger partial charge in [0.2, 0.25) is 0 Å². The molecule has 3 rings (SSSR count). The Morgan fingerprint density at radius 3 is 2.94 bits per heavy atom. The molecule has 0 saturated carbocycles. The summed E-state index contributed by atoms with van der Waals surface area (Å²) in [6.07, 6.45) is 1.07. The summed E-state index contributed by atoms with van der Waals surface area (Å²) >= 11 is 1.36. The second kappa shape index (κ2) is 4.25. The van der Waals surface area contributed by atoms with E-state index in [0.29, 0.717) is 0 Å². The second-order valence-electron chi connectivity index (χ2n) is 3.87. The molecule has 0 fully saturated rings. The third kappa shape index (κ3) is 1.72. The number of para-hydroxylation sites is 2. The summed E-state index contributed by atoms with van der Waals surface area (Å²) in [5, 5.41) is 6.05. The van der Waals surface area contributed by atoms with Crippen LogP contribution in [0.5, 0.6) is 0 Å². The van der Waals surface area contributed by atoms with Gasteiger partial charge >= 0.3 is 0 Å². The highest BCUT2D eigenvalue weighted by Gasteiger charge is 2.13. The van der Waals surface area contributed by atoms with Gasteiger partial charge in [0.1, 0.15) is 5.69 Å². The Morgan fingerprint density at radius 1 is 1.29 bits per heavy atom. The summed E-state index contributed by atoms with van der Waals surface area (Å²) in [7, 11) is 0. The van der Waals surface area contributed by atoms with E-state index in [2.05, 4.69) is 32.1 Å². The monoisotopic (exact) mass is 244 g/mol. The van der Waals surface area contributed by atoms with Gasteiger partial charge in [-0.1, -0.05) is 23.5 Å². The van der Waals surface area contributed by atoms with Gasteiger partial charge < -0.3 is 4.57 Å². The quantitative estimate of drug-likeness (QED) is 0.711. The third-order valence-electron chi connectivity index (χ3n) is 2.69. The number of imidazole rings is 1. The molecule has 0 spiro atoms. The highest BCUT2D eigenvalue weighted by atomic mass is 32.1. The van der Waals surface area contributed by atoms with Crippen LogP contribution < -0.4 is 0 Å². The Balaban J connectivity index is 2.26. The molecule has 4 nitrogen and oxygen atoms in total. The zero-order valence-electron chi connectivity index (χ0n) is 9.50. The molecule has 3 aromatic rings. The lowest BCUT2D eigenvalue weighted by Gasteiger charge is -2.04. The van der Waals surface area contributed by atoms with E-state index in [1.807, 2.05) is 23.6 Å². The molecule has 0 atom stereocenters. The van der Waals surface area contributed by atoms with Crippen LogP contribution in [0, 0.1) is 0 Å². The third-order valence-corrected chi connectivity index (χ3v) is 3.20. The van der Waals surface area contributed by atoms with Crippen molar-refractivity contribution in [3.8, 4) is 11.5 Å². The zero-order chi connectivity index (χ0) is 11.7. The first-order valence-electron chi connectivity index (χ1n) is 5.63. The minimum absolute atomic E-state index is 0.861. The Hall–Kier alpha value is -1.75. The van der Waals surface area contributed by atoms with Crippen molar-refractivity contribution in [2.75, 3.05) is 0 Å². The van der Waals surface area contributed by atoms with Crippen molar-refractivity contribution in [1.82, 2.24) is 19.1 Å². The predicted octanol–water partition coefficient (Wildman–Crippen LogP) is 2.96. The fourth-order valence-corrected chi connectivity index (χ4v) is 2.42. The molecule has 2 heterocycles. The Morgan fingerprint density at radius 2 is 2.18 bits per heavy atom. The van der Waals surface area contributed by atoms with E-state index in [1.54, 1.807) is 0 Å². The fourth-order valence-electron chi connectivity index (χ4n) is 1.98. The number of nitrogens with zero attached hydrogens (tertiary/aromatic N) is 4. The molecule has 2 aromatic heterocycles. The Labute approximate surface area is 103 Å². The second-order valence-corrected chi connectivity index (χ2v) is 4.48. The van der Waals surface area contributed by atoms with Gasteiger partial charge in [0.25, 0.3) is 0 Å². The zero-order valence-corrected chi connectivity index (χ0v) is 10.3. The molecule has 0 radical (unpaired) electrons. The molecule has 0 aliphatic rings. The van der Waals surface area contributed by atoms with Gasteiger partial charge in [-0.25, -0.2) is 4.98 Å². The first-order chi connectivity index (χ1) is 8.40. The van der Waals surface area contributed by atoms with Crippen LogP contribution in [-0.4, -0.2) is 19.1 Å². The maximum absolute atomic E-state index is 4.64. The highest BCUT2D eigenvalue weighted by molar-refractivity contribution is 7.03. The normalized spacial score (nSPS) is 11.1. The average molecular weight is 244 g/mol. The first-order valence-corrected chi connectivity index (χ1v) is 6.46. The van der Waals surface area contributed by atoms with Crippen LogP contribution in [0.2, 0.25) is 0 Å². The van der Waals surface area contributed by atoms with Gasteiger partial charge in [-0.05, 0) is 30.1 Å². The van der Waals surface area contributed by atoms with Gasteiger partial charge in [-0.3, -0.25) is 0 Å². The van der Waals surface area contributed by atoms with Crippen LogP contribution in [0.4, 0.5) is 0 Å². The highest BCUT2D eigenvalue weighted by Crippen LogP contribution is 2.24. The topological polar surface area (TPSA) is 43.6 Å². The van der Waals surface area contributed by atoms with Crippen molar-refractivity contribution in [2.45, 2.75) is 19.9 Å². The molecular formula is C12H12N4S. The summed E-state index contributed by atoms with van der Waals surface area (Å²) < 4.78 is 6.12. The number of benzene rings is 1. The maximum atomic E-state index is 4.64. The van der Waals surface area contributed by atoms with Gasteiger partial charge in [0, 0.05) is 11.9 Å². The van der Waals surface area contributed by atoms with Crippen molar-refractivity contribution in [3.63, 3.8) is 0 Å². The smallest absolute Gasteiger partial charge is 0.162 e. The molecule has 0 N–H and O–H groups in total. The van der Waals surface area contributed by atoms with Gasteiger partial charge in [-0.15, -0.1) is 5.10 Å². The first kappa shape index (κ1) is 10.4. The molecule has 86 valence electrons. The van der Waals surface area contributed by atoms with Crippen LogP contribution >= 0.6 is 11.5 Å². The van der Waals surface area contributed by atoms with E-state index in [9.17, 15) is 0 Å². The van der Waals surface area contributed by atoms with E-state index in [0.717, 1.165) is 35.5 Å². The average Bonchev–Trinajstić information content (AvgIpc) is 2.97. The van der Waals surface area contributed by atoms with E-state index >= 15 is 0 Å². The molecule has 0 unspecified atom stereocenters. The van der Waals surface area contributed by atoms with Crippen molar-refractivity contribution < 1.29 is 0 Å². The standard InChI is InChI=1S/C12H12N4S/c1-2-7-16-11-6-4-3-5-9(11)13-12(16)10-8-17-15-14-10/h3-6,8H,2,7H2,1H3. The van der Waals surface area contributed by atoms with Gasteiger partial charge in [-0.2, -0.15) is 0 Å². The van der Waals surface area contributed by atoms with E-state index in [4.69, 9.17) is 0 Å². The lowest BCUT2D eigenvalue weighted by atomic mass is 10.3. The van der Waals surface area contributed by atoms with Crippen LogP contribution in [0.3, 0.4) is 0 Å². The van der Waals surface area contributed by atoms with Crippen molar-refractivity contribution in [3.05, 3.63) is 29.6 Å². The SMILES string of the molecule is CCCn1c(-c2csnn2)nc2ccccc21. The molecule has 0 saturated heterocycles. The lowest BCUT2D eigenvalue weighted by molar-refractivity contribution is 0.702. The van der Waals surface area contributed by atoms with E-state index in [-0.39, 0.29) is 0 Å². The molecule has 0 aliphatic heterocycles. The molecule has 5 heteroatoms. The van der Waals surface area contributed by atoms with Crippen molar-refractivity contribution in [2.24, 2.45) is 0 Å². The van der Waals surface area contributed by atoms with Crippen molar-refractivity contribution in [1.29, 1.82) is 0 Å². The van der Waals surface area contributed by atoms with E-state index in [1.165, 1.54) is 11.5 Å². The summed E-state index contributed by atoms with van der Waals surface area (Å²) in [4.78, 5) is 4.64. The van der Waals surface area contributed by atoms with Crippen LogP contribution in [0.25, 0.3) is 22.6 Å². The summed E-state index contributed by atoms with van der Waals surface area (Å²) in [6.45, 7) is 3.12. The minimum Gasteiger partial charge on any atom is -0.323 e. The number of hydrogen-bond acceptors (Lipinski definition) is 4. The molecule has 1 aromatic carbocycles. The van der Waals surface area contributed by atoms with E-state index < -0.39 is 0 Å². The van der Waals surface area contributed by atoms with Gasteiger partial charge in [0.15, 0.2) is 5.82 Å². The van der Waals surface area contributed by atoms with Crippen LogP contribution in [0.15, 0.2) is 29.6 Å². The summed E-state index contributed by atoms with van der Waals surface area (Å²) in [5.74, 6) is 0.918. The number of hydrogen-bond donors (Lipinski definition) is 0. The summed E-state index contributed by atoms with van der Waals surface area (Å²) in [6, 6.07) is 8.18. The molecule has 0 bridgehead atoms. The van der Waals surface area contributed by atoms with Crippen LogP contribution in [0.1, 0.15) is 13.3 Å². The molecule has 0 amide bonds. The largest absolute Gasteiger partial charge is 0.323 e. The number of fused-ring (bicyclic) bond motifs is 1. The molecular weight excluding hydrogens is 232 g/mol. The minimum atomic E-state index is 0.861. The fraction of sp³-hybridized carbons (Fsp3) is 0.250. The maximum Gasteiger partial charge on any atom is 0.162 e. The number of rotatable bonds is 3. The molecule has 0 aliphatic carbocycles. The Bertz CT molecular complexity index is 627. The molecule has 17 heavy (non-hydrogen) atoms. The van der Waals surface area contributed by atoms with Crippen molar-refractivity contribution >= 4 is 22.6 Å².